The number of halogens is 1. The van der Waals surface area contributed by atoms with Gasteiger partial charge in [0.15, 0.2) is 0 Å². The fraction of sp³-hybridized carbons (Fsp3) is 0.421. The lowest BCUT2D eigenvalue weighted by atomic mass is 10.1. The van der Waals surface area contributed by atoms with Gasteiger partial charge in [0, 0.05) is 38.8 Å². The maximum absolute atomic E-state index is 13.7. The van der Waals surface area contributed by atoms with Gasteiger partial charge in [-0.25, -0.2) is 14.4 Å². The number of carbonyl (C=O) groups excluding carboxylic acids is 1. The van der Waals surface area contributed by atoms with Crippen LogP contribution in [0.4, 0.5) is 10.2 Å². The molecule has 0 saturated carbocycles. The van der Waals surface area contributed by atoms with E-state index in [4.69, 9.17) is 0 Å². The molecule has 3 rings (SSSR count). The van der Waals surface area contributed by atoms with E-state index >= 15 is 0 Å². The first-order valence-electron chi connectivity index (χ1n) is 8.84. The summed E-state index contributed by atoms with van der Waals surface area (Å²) in [5.41, 5.74) is 1.05. The molecule has 1 N–H and O–H groups in total. The smallest absolute Gasteiger partial charge is 0.272 e. The predicted octanol–water partition coefficient (Wildman–Crippen LogP) is 1.97. The molecule has 1 aliphatic rings. The van der Waals surface area contributed by atoms with Crippen LogP contribution in [0.5, 0.6) is 0 Å². The summed E-state index contributed by atoms with van der Waals surface area (Å²) in [6.07, 6.45) is 0.539. The molecule has 0 aliphatic carbocycles. The van der Waals surface area contributed by atoms with E-state index < -0.39 is 0 Å². The van der Waals surface area contributed by atoms with E-state index in [1.807, 2.05) is 18.0 Å². The zero-order valence-electron chi connectivity index (χ0n) is 15.2. The summed E-state index contributed by atoms with van der Waals surface area (Å²) in [6, 6.07) is 8.40. The molecule has 0 radical (unpaired) electrons. The van der Waals surface area contributed by atoms with Crippen LogP contribution in [-0.4, -0.2) is 65.4 Å². The van der Waals surface area contributed by atoms with Gasteiger partial charge in [-0.2, -0.15) is 0 Å². The lowest BCUT2D eigenvalue weighted by Gasteiger charge is -2.32. The predicted molar refractivity (Wildman–Crippen MR) is 98.8 cm³/mol. The minimum absolute atomic E-state index is 0.0687. The molecule has 2 heterocycles. The second kappa shape index (κ2) is 8.23. The minimum atomic E-state index is -0.209. The number of rotatable bonds is 5. The Balaban J connectivity index is 1.64. The first-order chi connectivity index (χ1) is 12.5. The zero-order chi connectivity index (χ0) is 18.5. The average Bonchev–Trinajstić information content (AvgIpc) is 2.63. The van der Waals surface area contributed by atoms with Crippen LogP contribution in [0.15, 0.2) is 30.3 Å². The number of aryl methyl sites for hydroxylation is 1. The van der Waals surface area contributed by atoms with Gasteiger partial charge < -0.3 is 15.1 Å². The van der Waals surface area contributed by atoms with Crippen LogP contribution < -0.4 is 5.32 Å². The van der Waals surface area contributed by atoms with Gasteiger partial charge in [-0.05, 0) is 32.0 Å². The summed E-state index contributed by atoms with van der Waals surface area (Å²) >= 11 is 0. The van der Waals surface area contributed by atoms with Crippen molar-refractivity contribution in [3.8, 4) is 0 Å². The van der Waals surface area contributed by atoms with Gasteiger partial charge in [0.05, 0.1) is 0 Å². The summed E-state index contributed by atoms with van der Waals surface area (Å²) in [7, 11) is 2.05. The van der Waals surface area contributed by atoms with Gasteiger partial charge >= 0.3 is 0 Å². The number of likely N-dealkylation sites (N-methyl/N-ethyl adjacent to an activating group) is 1. The molecule has 1 aromatic carbocycles. The van der Waals surface area contributed by atoms with Gasteiger partial charge in [0.25, 0.3) is 5.91 Å². The molecule has 26 heavy (non-hydrogen) atoms. The van der Waals surface area contributed by atoms with Crippen LogP contribution >= 0.6 is 0 Å². The summed E-state index contributed by atoms with van der Waals surface area (Å²) in [5, 5.41) is 3.17. The molecule has 1 fully saturated rings. The molecule has 2 aromatic rings. The number of nitrogens with one attached hydrogen (secondary N) is 1. The second-order valence-electron chi connectivity index (χ2n) is 6.55. The lowest BCUT2D eigenvalue weighted by molar-refractivity contribution is 0.0658. The normalized spacial score (nSPS) is 15.1. The van der Waals surface area contributed by atoms with Crippen LogP contribution in [0.25, 0.3) is 0 Å². The molecule has 1 saturated heterocycles. The summed E-state index contributed by atoms with van der Waals surface area (Å²) in [5.74, 6) is 0.851. The Bertz CT molecular complexity index is 774. The highest BCUT2D eigenvalue weighted by Gasteiger charge is 2.22. The van der Waals surface area contributed by atoms with Crippen LogP contribution in [0, 0.1) is 12.7 Å². The first-order valence-corrected chi connectivity index (χ1v) is 8.84. The minimum Gasteiger partial charge on any atom is -0.370 e. The summed E-state index contributed by atoms with van der Waals surface area (Å²) in [4.78, 5) is 25.3. The van der Waals surface area contributed by atoms with Gasteiger partial charge in [-0.3, -0.25) is 4.79 Å². The molecular weight excluding hydrogens is 333 g/mol. The maximum Gasteiger partial charge on any atom is 0.272 e. The topological polar surface area (TPSA) is 61.4 Å². The van der Waals surface area contributed by atoms with Crippen molar-refractivity contribution >= 4 is 11.7 Å². The quantitative estimate of drug-likeness (QED) is 0.886. The molecular formula is C19H24FN5O. The number of carbonyl (C=O) groups is 1. The average molecular weight is 357 g/mol. The molecule has 138 valence electrons. The highest BCUT2D eigenvalue weighted by Crippen LogP contribution is 2.12. The van der Waals surface area contributed by atoms with E-state index in [2.05, 4.69) is 20.2 Å². The van der Waals surface area contributed by atoms with Crippen LogP contribution in [0.1, 0.15) is 21.9 Å². The van der Waals surface area contributed by atoms with E-state index in [1.54, 1.807) is 25.1 Å². The van der Waals surface area contributed by atoms with Crippen molar-refractivity contribution in [2.45, 2.75) is 13.3 Å². The van der Waals surface area contributed by atoms with Crippen LogP contribution in [0.3, 0.4) is 0 Å². The number of nitrogens with zero attached hydrogens (tertiary/aromatic N) is 4. The van der Waals surface area contributed by atoms with Crippen molar-refractivity contribution < 1.29 is 9.18 Å². The summed E-state index contributed by atoms with van der Waals surface area (Å²) in [6.45, 7) is 5.43. The Morgan fingerprint density at radius 1 is 1.19 bits per heavy atom. The Kier molecular flexibility index (Phi) is 5.78. The zero-order valence-corrected chi connectivity index (χ0v) is 15.2. The Labute approximate surface area is 153 Å². The van der Waals surface area contributed by atoms with Crippen molar-refractivity contribution in [1.82, 2.24) is 19.8 Å². The van der Waals surface area contributed by atoms with Crippen LogP contribution in [-0.2, 0) is 6.42 Å². The molecule has 0 spiro atoms. The molecule has 0 bridgehead atoms. The fourth-order valence-corrected chi connectivity index (χ4v) is 2.97. The third kappa shape index (κ3) is 4.54. The number of piperazine rings is 1. The van der Waals surface area contributed by atoms with Crippen molar-refractivity contribution in [3.05, 3.63) is 53.2 Å². The molecule has 6 nitrogen and oxygen atoms in total. The van der Waals surface area contributed by atoms with E-state index in [0.717, 1.165) is 13.1 Å². The van der Waals surface area contributed by atoms with Crippen molar-refractivity contribution in [1.29, 1.82) is 0 Å². The highest BCUT2D eigenvalue weighted by atomic mass is 19.1. The van der Waals surface area contributed by atoms with Gasteiger partial charge in [0.1, 0.15) is 23.2 Å². The van der Waals surface area contributed by atoms with E-state index in [9.17, 15) is 9.18 Å². The Morgan fingerprint density at radius 2 is 1.92 bits per heavy atom. The standard InChI is InChI=1S/C19H24FN5O/c1-14-22-17(19(26)25-11-9-24(2)10-12-25)13-18(23-14)21-8-7-15-5-3-4-6-16(15)20/h3-6,13H,7-12H2,1-2H3,(H,21,22,23). The van der Waals surface area contributed by atoms with E-state index in [0.29, 0.717) is 49.0 Å². The highest BCUT2D eigenvalue weighted by molar-refractivity contribution is 5.93. The van der Waals surface area contributed by atoms with Crippen molar-refractivity contribution in [2.75, 3.05) is 45.1 Å². The number of anilines is 1. The van der Waals surface area contributed by atoms with Crippen LogP contribution in [0.2, 0.25) is 0 Å². The van der Waals surface area contributed by atoms with Crippen molar-refractivity contribution in [2.24, 2.45) is 0 Å². The number of hydrogen-bond donors (Lipinski definition) is 1. The molecule has 0 unspecified atom stereocenters. The van der Waals surface area contributed by atoms with Gasteiger partial charge in [-0.15, -0.1) is 0 Å². The molecule has 0 atom stereocenters. The third-order valence-corrected chi connectivity index (χ3v) is 4.51. The van der Waals surface area contributed by atoms with E-state index in [1.165, 1.54) is 6.07 Å². The number of amides is 1. The van der Waals surface area contributed by atoms with E-state index in [-0.39, 0.29) is 11.7 Å². The Hall–Kier alpha value is -2.54. The molecule has 7 heteroatoms. The SMILES string of the molecule is Cc1nc(NCCc2ccccc2F)cc(C(=O)N2CCN(C)CC2)n1. The summed E-state index contributed by atoms with van der Waals surface area (Å²) < 4.78 is 13.7. The monoisotopic (exact) mass is 357 g/mol. The number of hydrogen-bond acceptors (Lipinski definition) is 5. The third-order valence-electron chi connectivity index (χ3n) is 4.51. The first kappa shape index (κ1) is 18.3. The lowest BCUT2D eigenvalue weighted by Crippen LogP contribution is -2.47. The Morgan fingerprint density at radius 3 is 2.65 bits per heavy atom. The number of benzene rings is 1. The molecule has 1 aromatic heterocycles. The van der Waals surface area contributed by atoms with Crippen molar-refractivity contribution in [3.63, 3.8) is 0 Å². The maximum atomic E-state index is 13.7. The van der Waals surface area contributed by atoms with Gasteiger partial charge in [0.2, 0.25) is 0 Å². The second-order valence-corrected chi connectivity index (χ2v) is 6.55. The fourth-order valence-electron chi connectivity index (χ4n) is 2.97. The molecule has 1 aliphatic heterocycles. The van der Waals surface area contributed by atoms with Gasteiger partial charge in [-0.1, -0.05) is 18.2 Å². The molecule has 1 amide bonds. The number of aromatic nitrogens is 2. The largest absolute Gasteiger partial charge is 0.370 e.